The second-order valence-electron chi connectivity index (χ2n) is 7.71. The third-order valence-corrected chi connectivity index (χ3v) is 6.45. The Kier molecular flexibility index (Phi) is 8.77. The molecule has 3 heterocycles. The second-order valence-corrected chi connectivity index (χ2v) is 10.9. The molecule has 4 rings (SSSR count). The molecule has 0 saturated heterocycles. The van der Waals surface area contributed by atoms with Crippen LogP contribution in [0.3, 0.4) is 0 Å². The van der Waals surface area contributed by atoms with Crippen LogP contribution in [-0.2, 0) is 26.8 Å². The van der Waals surface area contributed by atoms with Crippen molar-refractivity contribution in [3.05, 3.63) is 53.7 Å². The van der Waals surface area contributed by atoms with Gasteiger partial charge in [-0.3, -0.25) is 9.11 Å². The summed E-state index contributed by atoms with van der Waals surface area (Å²) in [5.74, 6) is -4.26. The highest BCUT2D eigenvalue weighted by Crippen LogP contribution is 2.32. The van der Waals surface area contributed by atoms with Crippen molar-refractivity contribution in [1.29, 1.82) is 0 Å². The lowest BCUT2D eigenvalue weighted by atomic mass is 10.2. The first kappa shape index (κ1) is 30.0. The van der Waals surface area contributed by atoms with Gasteiger partial charge in [-0.2, -0.15) is 21.9 Å². The van der Waals surface area contributed by atoms with Gasteiger partial charge in [0, 0.05) is 5.56 Å². The molecule has 0 radical (unpaired) electrons. The number of rotatable bonds is 7. The van der Waals surface area contributed by atoms with Crippen molar-refractivity contribution in [2.75, 3.05) is 23.0 Å². The normalized spacial score (nSPS) is 11.6. The van der Waals surface area contributed by atoms with Crippen LogP contribution in [0.4, 0.5) is 25.2 Å². The highest BCUT2D eigenvalue weighted by Gasteiger charge is 2.21. The van der Waals surface area contributed by atoms with Crippen molar-refractivity contribution in [3.8, 4) is 17.3 Å². The highest BCUT2D eigenvalue weighted by atomic mass is 32.2. The van der Waals surface area contributed by atoms with Gasteiger partial charge >= 0.3 is 6.16 Å². The van der Waals surface area contributed by atoms with E-state index in [0.29, 0.717) is 5.56 Å². The summed E-state index contributed by atoms with van der Waals surface area (Å²) in [5.41, 5.74) is 12.1. The molecule has 3 aromatic heterocycles. The van der Waals surface area contributed by atoms with E-state index in [1.807, 2.05) is 0 Å². The molecule has 0 atom stereocenters. The molecule has 0 unspecified atom stereocenters. The molecule has 0 bridgehead atoms. The van der Waals surface area contributed by atoms with Crippen LogP contribution in [0.25, 0.3) is 22.6 Å². The molecule has 16 nitrogen and oxygen atoms in total. The number of pyridine rings is 1. The number of aromatic nitrogens is 5. The predicted octanol–water partition coefficient (Wildman–Crippen LogP) is 1.20. The molecule has 1 aromatic carbocycles. The van der Waals surface area contributed by atoms with Crippen LogP contribution in [-0.4, -0.2) is 73.4 Å². The number of halogens is 2. The minimum absolute atomic E-state index is 0.00692. The van der Waals surface area contributed by atoms with Gasteiger partial charge in [0.15, 0.2) is 23.1 Å². The number of hydrogen-bond donors (Lipinski definition) is 5. The lowest BCUT2D eigenvalue weighted by Crippen LogP contribution is -2.15. The van der Waals surface area contributed by atoms with Gasteiger partial charge in [0.25, 0.3) is 20.2 Å². The molecule has 0 fully saturated rings. The third-order valence-electron chi connectivity index (χ3n) is 4.75. The van der Waals surface area contributed by atoms with E-state index >= 15 is 0 Å². The minimum Gasteiger partial charge on any atom is -0.449 e. The van der Waals surface area contributed by atoms with E-state index in [1.54, 1.807) is 18.2 Å². The summed E-state index contributed by atoms with van der Waals surface area (Å²) in [6, 6.07) is 7.28. The number of nitrogens with zero attached hydrogens (tertiary/aromatic N) is 5. The molecule has 0 aliphatic rings. The summed E-state index contributed by atoms with van der Waals surface area (Å²) in [5, 5.41) is 13.3. The molecule has 0 aliphatic carbocycles. The van der Waals surface area contributed by atoms with Crippen molar-refractivity contribution in [2.45, 2.75) is 6.54 Å². The topological polar surface area (TPSA) is 264 Å². The zero-order chi connectivity index (χ0) is 29.8. The van der Waals surface area contributed by atoms with Crippen molar-refractivity contribution in [2.24, 2.45) is 0 Å². The summed E-state index contributed by atoms with van der Waals surface area (Å²) < 4.78 is 89.2. The Morgan fingerprint density at radius 2 is 1.57 bits per heavy atom. The molecular formula is C20H19F2N7O9S2. The maximum Gasteiger partial charge on any atom is 0.511 e. The van der Waals surface area contributed by atoms with Crippen LogP contribution in [0.2, 0.25) is 0 Å². The maximum atomic E-state index is 14.1. The number of carboxylic acid groups (broad SMARTS) is 1. The quantitative estimate of drug-likeness (QED) is 0.147. The molecule has 0 saturated carbocycles. The van der Waals surface area contributed by atoms with Gasteiger partial charge in [0.1, 0.15) is 17.3 Å². The molecule has 0 spiro atoms. The lowest BCUT2D eigenvalue weighted by molar-refractivity contribution is 0.144. The van der Waals surface area contributed by atoms with Gasteiger partial charge in [-0.05, 0) is 12.1 Å². The van der Waals surface area contributed by atoms with E-state index in [4.69, 9.17) is 25.7 Å². The van der Waals surface area contributed by atoms with Crippen molar-refractivity contribution in [1.82, 2.24) is 24.7 Å². The number of benzene rings is 1. The number of anilines is 2. The molecule has 20 heteroatoms. The fraction of sp³-hybridized carbons (Fsp3) is 0.150. The fourth-order valence-electron chi connectivity index (χ4n) is 3.09. The summed E-state index contributed by atoms with van der Waals surface area (Å²) in [6.07, 6.45) is -0.644. The number of fused-ring (bicyclic) bond motifs is 1. The zero-order valence-electron chi connectivity index (χ0n) is 19.8. The Labute approximate surface area is 223 Å². The molecule has 7 N–H and O–H groups in total. The molecule has 0 amide bonds. The second kappa shape index (κ2) is 11.7. The summed E-state index contributed by atoms with van der Waals surface area (Å²) in [7, 11) is -8.59. The smallest absolute Gasteiger partial charge is 0.449 e. The largest absolute Gasteiger partial charge is 0.511 e. The Morgan fingerprint density at radius 1 is 1.00 bits per heavy atom. The first-order chi connectivity index (χ1) is 18.5. The van der Waals surface area contributed by atoms with E-state index in [-0.39, 0.29) is 40.7 Å². The Balaban J connectivity index is 0.000000378. The van der Waals surface area contributed by atoms with E-state index in [9.17, 15) is 30.4 Å². The number of hydrogen-bond acceptors (Lipinski definition) is 12. The Morgan fingerprint density at radius 3 is 2.10 bits per heavy atom. The summed E-state index contributed by atoms with van der Waals surface area (Å²) >= 11 is 0. The van der Waals surface area contributed by atoms with Crippen LogP contribution in [0.15, 0.2) is 36.5 Å². The molecule has 4 aromatic rings. The maximum absolute atomic E-state index is 14.1. The average Bonchev–Trinajstić information content (AvgIpc) is 3.18. The van der Waals surface area contributed by atoms with Gasteiger partial charge in [0.2, 0.25) is 5.75 Å². The summed E-state index contributed by atoms with van der Waals surface area (Å²) in [6.45, 7) is 0.00692. The van der Waals surface area contributed by atoms with E-state index in [2.05, 4.69) is 24.8 Å². The molecule has 0 aliphatic heterocycles. The number of nitrogen functional groups attached to an aromatic ring is 2. The van der Waals surface area contributed by atoms with E-state index in [1.165, 1.54) is 16.8 Å². The predicted molar refractivity (Wildman–Crippen MR) is 134 cm³/mol. The fourth-order valence-corrected chi connectivity index (χ4v) is 4.78. The average molecular weight is 604 g/mol. The number of nitrogens with two attached hydrogens (primary N) is 2. The van der Waals surface area contributed by atoms with Crippen LogP contribution in [0.1, 0.15) is 5.56 Å². The van der Waals surface area contributed by atoms with Gasteiger partial charge in [0.05, 0.1) is 29.6 Å². The van der Waals surface area contributed by atoms with Gasteiger partial charge < -0.3 is 21.3 Å². The minimum atomic E-state index is -4.30. The first-order valence-corrected chi connectivity index (χ1v) is 13.8. The van der Waals surface area contributed by atoms with Crippen molar-refractivity contribution < 1.29 is 49.4 Å². The Bertz CT molecular complexity index is 1740. The van der Waals surface area contributed by atoms with Gasteiger partial charge in [-0.1, -0.05) is 18.2 Å². The lowest BCUT2D eigenvalue weighted by Gasteiger charge is -2.07. The molecule has 214 valence electrons. The van der Waals surface area contributed by atoms with E-state index < -0.39 is 55.3 Å². The van der Waals surface area contributed by atoms with E-state index in [0.717, 1.165) is 6.20 Å². The highest BCUT2D eigenvalue weighted by molar-refractivity contribution is 7.89. The number of ether oxygens (including phenoxy) is 1. The number of carbonyl (C=O) groups is 1. The van der Waals surface area contributed by atoms with Crippen LogP contribution < -0.4 is 16.2 Å². The SMILES string of the molecule is Nc1nc(-c2nn(Cc3ccccc3F)c3ncc(F)cc23)nc(N)c1OC(=O)O.O=S(=O)(O)CCS(=O)(=O)O. The molecule has 40 heavy (non-hydrogen) atoms. The molecular weight excluding hydrogens is 584 g/mol. The summed E-state index contributed by atoms with van der Waals surface area (Å²) in [4.78, 5) is 22.7. The van der Waals surface area contributed by atoms with Crippen LogP contribution >= 0.6 is 0 Å². The Hall–Kier alpha value is -4.53. The zero-order valence-corrected chi connectivity index (χ0v) is 21.5. The third kappa shape index (κ3) is 7.99. The van der Waals surface area contributed by atoms with Crippen molar-refractivity contribution in [3.63, 3.8) is 0 Å². The monoisotopic (exact) mass is 603 g/mol. The van der Waals surface area contributed by atoms with Gasteiger partial charge in [-0.25, -0.2) is 33.2 Å². The van der Waals surface area contributed by atoms with Gasteiger partial charge in [-0.15, -0.1) is 0 Å². The van der Waals surface area contributed by atoms with Crippen LogP contribution in [0.5, 0.6) is 5.75 Å². The van der Waals surface area contributed by atoms with Crippen LogP contribution in [0, 0.1) is 11.6 Å². The first-order valence-electron chi connectivity index (χ1n) is 10.5. The van der Waals surface area contributed by atoms with Crippen molar-refractivity contribution >= 4 is 49.1 Å². The standard InChI is InChI=1S/C18H13F2N7O3.C2H6O6S2/c19-9-5-10-12(16-24-14(21)13(15(22)25-16)30-18(28)29)26-27(17(10)23-6-9)7-8-3-1-2-4-11(8)20;3-9(4,5)1-2-10(6,7)8/h1-6H,7H2,(H,28,29)(H4,21,22,24,25);1-2H2,(H,3,4,5)(H,6,7,8).